The lowest BCUT2D eigenvalue weighted by Gasteiger charge is -2.08. The Hall–Kier alpha value is -4.66. The van der Waals surface area contributed by atoms with E-state index < -0.39 is 11.6 Å². The molecule has 0 atom stereocenters. The van der Waals surface area contributed by atoms with E-state index in [1.807, 2.05) is 30.3 Å². The maximum absolute atomic E-state index is 13.2. The fourth-order valence-electron chi connectivity index (χ4n) is 3.12. The molecule has 0 radical (unpaired) electrons. The molecule has 7 nitrogen and oxygen atoms in total. The van der Waals surface area contributed by atoms with Crippen molar-refractivity contribution in [3.63, 3.8) is 0 Å². The second kappa shape index (κ2) is 12.7. The molecule has 36 heavy (non-hydrogen) atoms. The SMILES string of the molecule is C=C(/N=C\C=C/CC(=O)NCc1ccc(F)c(F)c1)NCc1ccc(-c2cnc(N)c(C=N)c2)cc1. The summed E-state index contributed by atoms with van der Waals surface area (Å²) < 4.78 is 26.1. The van der Waals surface area contributed by atoms with Crippen LogP contribution in [0, 0.1) is 17.0 Å². The fourth-order valence-corrected chi connectivity index (χ4v) is 3.12. The van der Waals surface area contributed by atoms with Gasteiger partial charge in [-0.25, -0.2) is 18.8 Å². The highest BCUT2D eigenvalue weighted by Crippen LogP contribution is 2.21. The minimum absolute atomic E-state index is 0.112. The minimum Gasteiger partial charge on any atom is -0.383 e. The molecular formula is C27H26F2N6O. The number of amides is 1. The number of carbonyl (C=O) groups is 1. The van der Waals surface area contributed by atoms with Crippen molar-refractivity contribution in [2.24, 2.45) is 4.99 Å². The van der Waals surface area contributed by atoms with Crippen LogP contribution in [-0.4, -0.2) is 23.3 Å². The number of rotatable bonds is 11. The van der Waals surface area contributed by atoms with Gasteiger partial charge in [-0.3, -0.25) is 4.79 Å². The summed E-state index contributed by atoms with van der Waals surface area (Å²) in [6.07, 6.45) is 7.76. The van der Waals surface area contributed by atoms with E-state index >= 15 is 0 Å². The van der Waals surface area contributed by atoms with Gasteiger partial charge in [0.2, 0.25) is 5.91 Å². The maximum atomic E-state index is 13.2. The Morgan fingerprint density at radius 3 is 2.47 bits per heavy atom. The first-order chi connectivity index (χ1) is 17.4. The van der Waals surface area contributed by atoms with Gasteiger partial charge in [-0.15, -0.1) is 0 Å². The number of nitrogens with one attached hydrogen (secondary N) is 3. The Morgan fingerprint density at radius 2 is 1.75 bits per heavy atom. The largest absolute Gasteiger partial charge is 0.383 e. The van der Waals surface area contributed by atoms with Gasteiger partial charge >= 0.3 is 0 Å². The van der Waals surface area contributed by atoms with Gasteiger partial charge in [0.25, 0.3) is 0 Å². The molecule has 0 unspecified atom stereocenters. The van der Waals surface area contributed by atoms with E-state index in [-0.39, 0.29) is 18.9 Å². The van der Waals surface area contributed by atoms with Crippen LogP contribution in [0.4, 0.5) is 14.6 Å². The molecule has 1 amide bonds. The van der Waals surface area contributed by atoms with Gasteiger partial charge < -0.3 is 21.8 Å². The lowest BCUT2D eigenvalue weighted by Crippen LogP contribution is -2.21. The van der Waals surface area contributed by atoms with Gasteiger partial charge in [0.1, 0.15) is 11.6 Å². The van der Waals surface area contributed by atoms with Crippen molar-refractivity contribution >= 4 is 24.2 Å². The van der Waals surface area contributed by atoms with Crippen LogP contribution in [0.3, 0.4) is 0 Å². The predicted octanol–water partition coefficient (Wildman–Crippen LogP) is 4.50. The lowest BCUT2D eigenvalue weighted by atomic mass is 10.0. The Morgan fingerprint density at radius 1 is 1.03 bits per heavy atom. The van der Waals surface area contributed by atoms with Crippen molar-refractivity contribution in [1.29, 1.82) is 5.41 Å². The van der Waals surface area contributed by atoms with E-state index in [0.717, 1.165) is 28.8 Å². The summed E-state index contributed by atoms with van der Waals surface area (Å²) in [5.74, 6) is -1.34. The molecule has 0 aliphatic heterocycles. The number of nitrogen functional groups attached to an aromatic ring is 1. The van der Waals surface area contributed by atoms with Crippen LogP contribution in [0.2, 0.25) is 0 Å². The molecule has 3 aromatic rings. The monoisotopic (exact) mass is 488 g/mol. The van der Waals surface area contributed by atoms with E-state index in [4.69, 9.17) is 11.1 Å². The number of allylic oxidation sites excluding steroid dienone is 1. The van der Waals surface area contributed by atoms with Crippen LogP contribution in [0.15, 0.2) is 84.3 Å². The fraction of sp³-hybridized carbons (Fsp3) is 0.111. The van der Waals surface area contributed by atoms with Gasteiger partial charge in [-0.05, 0) is 41.0 Å². The zero-order valence-corrected chi connectivity index (χ0v) is 19.5. The summed E-state index contributed by atoms with van der Waals surface area (Å²) in [4.78, 5) is 20.2. The van der Waals surface area contributed by atoms with Crippen molar-refractivity contribution < 1.29 is 13.6 Å². The van der Waals surface area contributed by atoms with Crippen LogP contribution in [0.25, 0.3) is 11.1 Å². The number of benzene rings is 2. The number of nitrogens with zero attached hydrogens (tertiary/aromatic N) is 2. The zero-order valence-electron chi connectivity index (χ0n) is 19.5. The molecule has 0 saturated carbocycles. The highest BCUT2D eigenvalue weighted by atomic mass is 19.2. The maximum Gasteiger partial charge on any atom is 0.224 e. The number of anilines is 1. The third kappa shape index (κ3) is 7.69. The Balaban J connectivity index is 1.39. The van der Waals surface area contributed by atoms with Crippen molar-refractivity contribution in [2.45, 2.75) is 19.5 Å². The number of halogens is 2. The third-order valence-corrected chi connectivity index (χ3v) is 5.12. The van der Waals surface area contributed by atoms with Crippen LogP contribution in [0.5, 0.6) is 0 Å². The van der Waals surface area contributed by atoms with E-state index in [2.05, 4.69) is 27.2 Å². The number of hydrogen-bond acceptors (Lipinski definition) is 6. The molecule has 0 saturated heterocycles. The van der Waals surface area contributed by atoms with Gasteiger partial charge in [-0.1, -0.05) is 43.0 Å². The Bertz CT molecular complexity index is 1300. The van der Waals surface area contributed by atoms with Gasteiger partial charge in [0.05, 0.1) is 0 Å². The van der Waals surface area contributed by atoms with Gasteiger partial charge in [0.15, 0.2) is 11.6 Å². The minimum atomic E-state index is -0.947. The van der Waals surface area contributed by atoms with Crippen molar-refractivity contribution in [3.05, 3.63) is 108 Å². The molecule has 0 fully saturated rings. The topological polar surface area (TPSA) is 116 Å². The standard InChI is InChI=1S/C27H26F2N6O/c1-18(32-11-3-2-4-26(36)34-16-20-7-10-24(28)25(29)12-20)33-15-19-5-8-21(9-6-19)23-13-22(14-30)27(31)35-17-23/h2-3,5-14,17,30,33H,1,4,15-16H2,(H2,31,35)(H,34,36)/b3-2-,30-14?,32-11-. The summed E-state index contributed by atoms with van der Waals surface area (Å²) in [5.41, 5.74) is 9.66. The molecule has 184 valence electrons. The highest BCUT2D eigenvalue weighted by molar-refractivity contribution is 5.86. The first kappa shape index (κ1) is 26.0. The highest BCUT2D eigenvalue weighted by Gasteiger charge is 2.05. The summed E-state index contributed by atoms with van der Waals surface area (Å²) in [5, 5.41) is 13.1. The summed E-state index contributed by atoms with van der Waals surface area (Å²) in [6.45, 7) is 4.49. The molecule has 0 aliphatic rings. The van der Waals surface area contributed by atoms with Gasteiger partial charge in [0, 0.05) is 49.3 Å². The quantitative estimate of drug-likeness (QED) is 0.297. The Kier molecular flexibility index (Phi) is 9.16. The molecule has 1 aromatic heterocycles. The average molecular weight is 489 g/mol. The molecule has 5 N–H and O–H groups in total. The first-order valence-corrected chi connectivity index (χ1v) is 11.0. The van der Waals surface area contributed by atoms with Crippen LogP contribution in [0.1, 0.15) is 23.1 Å². The van der Waals surface area contributed by atoms with Crippen molar-refractivity contribution in [2.75, 3.05) is 5.73 Å². The van der Waals surface area contributed by atoms with Crippen LogP contribution >= 0.6 is 0 Å². The molecule has 0 spiro atoms. The van der Waals surface area contributed by atoms with E-state index in [1.54, 1.807) is 18.3 Å². The molecule has 9 heteroatoms. The first-order valence-electron chi connectivity index (χ1n) is 11.0. The lowest BCUT2D eigenvalue weighted by molar-refractivity contribution is -0.120. The molecule has 1 heterocycles. The summed E-state index contributed by atoms with van der Waals surface area (Å²) in [7, 11) is 0. The number of carbonyl (C=O) groups excluding carboxylic acids is 1. The number of nitrogens with two attached hydrogens (primary N) is 1. The van der Waals surface area contributed by atoms with Crippen LogP contribution < -0.4 is 16.4 Å². The van der Waals surface area contributed by atoms with Gasteiger partial charge in [-0.2, -0.15) is 0 Å². The smallest absolute Gasteiger partial charge is 0.224 e. The predicted molar refractivity (Wildman–Crippen MR) is 138 cm³/mol. The van der Waals surface area contributed by atoms with E-state index in [1.165, 1.54) is 18.5 Å². The molecule has 0 bridgehead atoms. The van der Waals surface area contributed by atoms with Crippen molar-refractivity contribution in [1.82, 2.24) is 15.6 Å². The molecule has 3 rings (SSSR count). The number of aromatic nitrogens is 1. The number of hydrogen-bond donors (Lipinski definition) is 4. The average Bonchev–Trinajstić information content (AvgIpc) is 2.88. The van der Waals surface area contributed by atoms with E-state index in [0.29, 0.717) is 29.3 Å². The van der Waals surface area contributed by atoms with E-state index in [9.17, 15) is 13.6 Å². The number of pyridine rings is 1. The third-order valence-electron chi connectivity index (χ3n) is 5.12. The molecular weight excluding hydrogens is 462 g/mol. The second-order valence-electron chi connectivity index (χ2n) is 7.78. The van der Waals surface area contributed by atoms with Crippen molar-refractivity contribution in [3.8, 4) is 11.1 Å². The Labute approximate surface area is 208 Å². The van der Waals surface area contributed by atoms with Crippen LogP contribution in [-0.2, 0) is 17.9 Å². The molecule has 0 aliphatic carbocycles. The second-order valence-corrected chi connectivity index (χ2v) is 7.78. The number of aliphatic imine (C=N–C) groups is 1. The normalized spacial score (nSPS) is 11.1. The zero-order chi connectivity index (χ0) is 25.9. The molecule has 2 aromatic carbocycles. The summed E-state index contributed by atoms with van der Waals surface area (Å²) >= 11 is 0. The summed E-state index contributed by atoms with van der Waals surface area (Å²) in [6, 6.07) is 13.2.